The Morgan fingerprint density at radius 3 is 2.86 bits per heavy atom. The molecule has 6 nitrogen and oxygen atoms in total. The largest absolute Gasteiger partial charge is 0.476 e. The van der Waals surface area contributed by atoms with E-state index in [2.05, 4.69) is 10.3 Å². The number of carbonyl (C=O) groups excluding carboxylic acids is 1. The molecule has 0 saturated carbocycles. The lowest BCUT2D eigenvalue weighted by molar-refractivity contribution is 0.0691. The van der Waals surface area contributed by atoms with Crippen LogP contribution in [-0.2, 0) is 6.42 Å². The average molecular weight is 215 g/mol. The lowest BCUT2D eigenvalue weighted by Gasteiger charge is -1.97. The molecule has 0 aliphatic heterocycles. The van der Waals surface area contributed by atoms with Crippen LogP contribution < -0.4 is 11.1 Å². The maximum atomic E-state index is 10.5. The van der Waals surface area contributed by atoms with Crippen molar-refractivity contribution in [3.8, 4) is 0 Å². The molecule has 1 aromatic heterocycles. The molecule has 0 radical (unpaired) electrons. The lowest BCUT2D eigenvalue weighted by atomic mass is 10.4. The zero-order chi connectivity index (χ0) is 10.6. The molecule has 14 heavy (non-hydrogen) atoms. The number of nitrogens with zero attached hydrogens (tertiary/aromatic N) is 1. The summed E-state index contributed by atoms with van der Waals surface area (Å²) >= 11 is 1.25. The van der Waals surface area contributed by atoms with E-state index >= 15 is 0 Å². The first kappa shape index (κ1) is 10.5. The molecule has 1 heterocycles. The number of carboxylic acids is 1. The summed E-state index contributed by atoms with van der Waals surface area (Å²) in [6, 6.07) is -0.597. The third-order valence-electron chi connectivity index (χ3n) is 1.41. The smallest absolute Gasteiger partial charge is 0.355 e. The number of rotatable bonds is 4. The Morgan fingerprint density at radius 1 is 1.64 bits per heavy atom. The molecular formula is C7H9N3O3S. The highest BCUT2D eigenvalue weighted by atomic mass is 32.1. The number of thiazole rings is 1. The van der Waals surface area contributed by atoms with Gasteiger partial charge in [-0.1, -0.05) is 0 Å². The Labute approximate surface area is 83.8 Å². The maximum absolute atomic E-state index is 10.5. The van der Waals surface area contributed by atoms with Crippen molar-refractivity contribution in [3.05, 3.63) is 16.1 Å². The third kappa shape index (κ3) is 3.02. The fraction of sp³-hybridized carbons (Fsp3) is 0.286. The molecule has 0 saturated heterocycles. The van der Waals surface area contributed by atoms with E-state index in [1.807, 2.05) is 0 Å². The van der Waals surface area contributed by atoms with Crippen LogP contribution in [0.1, 0.15) is 15.5 Å². The molecule has 1 rings (SSSR count). The number of urea groups is 1. The zero-order valence-electron chi connectivity index (χ0n) is 7.19. The van der Waals surface area contributed by atoms with Crippen LogP contribution in [-0.4, -0.2) is 28.6 Å². The SMILES string of the molecule is NC(=O)NCCc1nc(C(=O)O)cs1. The van der Waals surface area contributed by atoms with E-state index in [1.165, 1.54) is 16.7 Å². The summed E-state index contributed by atoms with van der Waals surface area (Å²) in [6.07, 6.45) is 0.487. The fourth-order valence-corrected chi connectivity index (χ4v) is 1.59. The fourth-order valence-electron chi connectivity index (χ4n) is 0.817. The van der Waals surface area contributed by atoms with E-state index < -0.39 is 12.0 Å². The van der Waals surface area contributed by atoms with E-state index in [0.29, 0.717) is 18.0 Å². The van der Waals surface area contributed by atoms with Crippen molar-refractivity contribution in [1.29, 1.82) is 0 Å². The second-order valence-electron chi connectivity index (χ2n) is 2.47. The van der Waals surface area contributed by atoms with Gasteiger partial charge in [0, 0.05) is 18.3 Å². The molecule has 7 heteroatoms. The number of aromatic nitrogens is 1. The van der Waals surface area contributed by atoms with Crippen molar-refractivity contribution in [2.45, 2.75) is 6.42 Å². The molecule has 76 valence electrons. The Hall–Kier alpha value is -1.63. The predicted molar refractivity (Wildman–Crippen MR) is 50.4 cm³/mol. The van der Waals surface area contributed by atoms with Gasteiger partial charge in [-0.3, -0.25) is 0 Å². The van der Waals surface area contributed by atoms with Crippen LogP contribution >= 0.6 is 11.3 Å². The van der Waals surface area contributed by atoms with Crippen molar-refractivity contribution in [2.24, 2.45) is 5.73 Å². The van der Waals surface area contributed by atoms with Crippen LogP contribution in [0.25, 0.3) is 0 Å². The molecule has 0 atom stereocenters. The molecule has 0 unspecified atom stereocenters. The quantitative estimate of drug-likeness (QED) is 0.659. The summed E-state index contributed by atoms with van der Waals surface area (Å²) in [6.45, 7) is 0.363. The Bertz CT molecular complexity index is 350. The number of nitrogens with one attached hydrogen (secondary N) is 1. The van der Waals surface area contributed by atoms with Crippen LogP contribution in [0.15, 0.2) is 5.38 Å². The van der Waals surface area contributed by atoms with Crippen LogP contribution in [0.5, 0.6) is 0 Å². The summed E-state index contributed by atoms with van der Waals surface area (Å²) < 4.78 is 0. The van der Waals surface area contributed by atoms with Gasteiger partial charge in [0.1, 0.15) is 0 Å². The van der Waals surface area contributed by atoms with Gasteiger partial charge in [-0.15, -0.1) is 11.3 Å². The number of carboxylic acid groups (broad SMARTS) is 1. The molecule has 0 bridgehead atoms. The Kier molecular flexibility index (Phi) is 3.41. The number of amides is 2. The molecular weight excluding hydrogens is 206 g/mol. The van der Waals surface area contributed by atoms with Gasteiger partial charge >= 0.3 is 12.0 Å². The minimum absolute atomic E-state index is 0.0316. The molecule has 1 aromatic rings. The van der Waals surface area contributed by atoms with Gasteiger partial charge in [-0.25, -0.2) is 14.6 Å². The third-order valence-corrected chi connectivity index (χ3v) is 2.32. The molecule has 0 aliphatic carbocycles. The summed E-state index contributed by atoms with van der Waals surface area (Å²) in [7, 11) is 0. The zero-order valence-corrected chi connectivity index (χ0v) is 8.00. The second kappa shape index (κ2) is 4.56. The molecule has 2 amide bonds. The van der Waals surface area contributed by atoms with E-state index in [0.717, 1.165) is 0 Å². The monoisotopic (exact) mass is 215 g/mol. The highest BCUT2D eigenvalue weighted by Gasteiger charge is 2.07. The first-order chi connectivity index (χ1) is 6.59. The topological polar surface area (TPSA) is 105 Å². The summed E-state index contributed by atoms with van der Waals surface area (Å²) in [4.78, 5) is 24.6. The average Bonchev–Trinajstić information content (AvgIpc) is 2.52. The number of aromatic carboxylic acids is 1. The summed E-state index contributed by atoms with van der Waals surface area (Å²) in [5, 5.41) is 13.1. The minimum atomic E-state index is -1.05. The highest BCUT2D eigenvalue weighted by molar-refractivity contribution is 7.09. The van der Waals surface area contributed by atoms with Crippen molar-refractivity contribution < 1.29 is 14.7 Å². The number of primary amides is 1. The first-order valence-corrected chi connectivity index (χ1v) is 4.68. The molecule has 0 aromatic carbocycles. The molecule has 4 N–H and O–H groups in total. The van der Waals surface area contributed by atoms with Gasteiger partial charge in [0.05, 0.1) is 5.01 Å². The normalized spacial score (nSPS) is 9.71. The van der Waals surface area contributed by atoms with Crippen LogP contribution in [0.3, 0.4) is 0 Å². The van der Waals surface area contributed by atoms with E-state index in [9.17, 15) is 9.59 Å². The molecule has 0 fully saturated rings. The van der Waals surface area contributed by atoms with Crippen molar-refractivity contribution in [3.63, 3.8) is 0 Å². The molecule has 0 aliphatic rings. The summed E-state index contributed by atoms with van der Waals surface area (Å²) in [5.74, 6) is -1.05. The number of hydrogen-bond donors (Lipinski definition) is 3. The van der Waals surface area contributed by atoms with Crippen molar-refractivity contribution in [2.75, 3.05) is 6.54 Å². The van der Waals surface area contributed by atoms with Gasteiger partial charge in [0.2, 0.25) is 0 Å². The van der Waals surface area contributed by atoms with Gasteiger partial charge in [0.25, 0.3) is 0 Å². The lowest BCUT2D eigenvalue weighted by Crippen LogP contribution is -2.30. The van der Waals surface area contributed by atoms with Crippen molar-refractivity contribution >= 4 is 23.3 Å². The maximum Gasteiger partial charge on any atom is 0.355 e. The number of nitrogens with two attached hydrogens (primary N) is 1. The Morgan fingerprint density at radius 2 is 2.36 bits per heavy atom. The highest BCUT2D eigenvalue weighted by Crippen LogP contribution is 2.09. The van der Waals surface area contributed by atoms with Gasteiger partial charge in [-0.2, -0.15) is 0 Å². The predicted octanol–water partition coefficient (Wildman–Crippen LogP) is 0.0521. The van der Waals surface area contributed by atoms with Crippen LogP contribution in [0.2, 0.25) is 0 Å². The van der Waals surface area contributed by atoms with E-state index in [1.54, 1.807) is 0 Å². The summed E-state index contributed by atoms with van der Waals surface area (Å²) in [5.41, 5.74) is 4.88. The van der Waals surface area contributed by atoms with Crippen molar-refractivity contribution in [1.82, 2.24) is 10.3 Å². The standard InChI is InChI=1S/C7H9N3O3S/c8-7(13)9-2-1-5-10-4(3-14-5)6(11)12/h3H,1-2H2,(H,11,12)(H3,8,9,13). The van der Waals surface area contributed by atoms with Gasteiger partial charge in [-0.05, 0) is 0 Å². The van der Waals surface area contributed by atoms with Crippen LogP contribution in [0, 0.1) is 0 Å². The van der Waals surface area contributed by atoms with Gasteiger partial charge < -0.3 is 16.2 Å². The number of carbonyl (C=O) groups is 2. The molecule has 0 spiro atoms. The van der Waals surface area contributed by atoms with E-state index in [-0.39, 0.29) is 5.69 Å². The van der Waals surface area contributed by atoms with Gasteiger partial charge in [0.15, 0.2) is 5.69 Å². The first-order valence-electron chi connectivity index (χ1n) is 3.80. The second-order valence-corrected chi connectivity index (χ2v) is 3.42. The minimum Gasteiger partial charge on any atom is -0.476 e. The van der Waals surface area contributed by atoms with E-state index in [4.69, 9.17) is 10.8 Å². The van der Waals surface area contributed by atoms with Crippen LogP contribution in [0.4, 0.5) is 4.79 Å². The number of hydrogen-bond acceptors (Lipinski definition) is 4. The Balaban J connectivity index is 2.44.